The van der Waals surface area contributed by atoms with Crippen LogP contribution in [0.3, 0.4) is 0 Å². The number of benzene rings is 1. The lowest BCUT2D eigenvalue weighted by Gasteiger charge is -2.18. The van der Waals surface area contributed by atoms with E-state index in [2.05, 4.69) is 5.32 Å². The smallest absolute Gasteiger partial charge is 0.138 e. The maximum atomic E-state index is 6.20. The van der Waals surface area contributed by atoms with Crippen molar-refractivity contribution in [2.75, 3.05) is 7.05 Å². The molecule has 0 spiro atoms. The van der Waals surface area contributed by atoms with Gasteiger partial charge in [-0.2, -0.15) is 0 Å². The highest BCUT2D eigenvalue weighted by molar-refractivity contribution is 6.32. The highest BCUT2D eigenvalue weighted by Crippen LogP contribution is 2.33. The Balaban J connectivity index is 3.07. The second-order valence-corrected chi connectivity index (χ2v) is 5.16. The molecule has 0 bridgehead atoms. The fourth-order valence-electron chi connectivity index (χ4n) is 1.61. The zero-order valence-corrected chi connectivity index (χ0v) is 12.5. The minimum atomic E-state index is 0.0989. The zero-order valence-electron chi connectivity index (χ0n) is 11.7. The van der Waals surface area contributed by atoms with E-state index >= 15 is 0 Å². The first-order valence-corrected chi connectivity index (χ1v) is 6.62. The van der Waals surface area contributed by atoms with Gasteiger partial charge in [0.2, 0.25) is 0 Å². The molecule has 18 heavy (non-hydrogen) atoms. The van der Waals surface area contributed by atoms with Crippen LogP contribution < -0.4 is 14.8 Å². The molecule has 0 atom stereocenters. The van der Waals surface area contributed by atoms with Gasteiger partial charge in [-0.3, -0.25) is 0 Å². The van der Waals surface area contributed by atoms with Gasteiger partial charge in [0.25, 0.3) is 0 Å². The molecular formula is C14H22ClNO2. The number of hydrogen-bond donors (Lipinski definition) is 1. The lowest BCUT2D eigenvalue weighted by molar-refractivity contribution is 0.232. The van der Waals surface area contributed by atoms with E-state index in [1.165, 1.54) is 0 Å². The molecule has 0 radical (unpaired) electrons. The maximum Gasteiger partial charge on any atom is 0.138 e. The Bertz CT molecular complexity index is 392. The number of ether oxygens (including phenoxy) is 2. The first-order valence-electron chi connectivity index (χ1n) is 6.24. The summed E-state index contributed by atoms with van der Waals surface area (Å²) in [6, 6.07) is 3.77. The lowest BCUT2D eigenvalue weighted by atomic mass is 10.2. The molecule has 0 fully saturated rings. The van der Waals surface area contributed by atoms with Crippen molar-refractivity contribution in [3.63, 3.8) is 0 Å². The van der Waals surface area contributed by atoms with Crippen molar-refractivity contribution < 1.29 is 9.47 Å². The first-order chi connectivity index (χ1) is 8.43. The Morgan fingerprint density at radius 2 is 1.61 bits per heavy atom. The quantitative estimate of drug-likeness (QED) is 0.857. The number of hydrogen-bond acceptors (Lipinski definition) is 3. The molecule has 0 aliphatic heterocycles. The van der Waals surface area contributed by atoms with Gasteiger partial charge < -0.3 is 14.8 Å². The van der Waals surface area contributed by atoms with E-state index in [9.17, 15) is 0 Å². The van der Waals surface area contributed by atoms with Crippen LogP contribution in [0.5, 0.6) is 11.5 Å². The Kier molecular flexibility index (Phi) is 5.76. The Labute approximate surface area is 114 Å². The van der Waals surface area contributed by atoms with E-state index in [-0.39, 0.29) is 12.2 Å². The van der Waals surface area contributed by atoms with Crippen LogP contribution in [-0.4, -0.2) is 19.3 Å². The second kappa shape index (κ2) is 6.86. The Hall–Kier alpha value is -0.930. The van der Waals surface area contributed by atoms with Crippen LogP contribution in [0.1, 0.15) is 33.3 Å². The summed E-state index contributed by atoms with van der Waals surface area (Å²) < 4.78 is 11.4. The third kappa shape index (κ3) is 4.39. The Morgan fingerprint density at radius 3 is 2.11 bits per heavy atom. The van der Waals surface area contributed by atoms with Crippen LogP contribution in [0.2, 0.25) is 5.02 Å². The molecule has 1 aromatic rings. The molecule has 0 heterocycles. The van der Waals surface area contributed by atoms with Crippen LogP contribution in [0, 0.1) is 0 Å². The van der Waals surface area contributed by atoms with Crippen molar-refractivity contribution in [1.29, 1.82) is 0 Å². The van der Waals surface area contributed by atoms with Crippen LogP contribution in [0.4, 0.5) is 0 Å². The summed E-state index contributed by atoms with van der Waals surface area (Å²) in [5.74, 6) is 1.51. The SMILES string of the molecule is CNCc1cc(OC(C)C)c(Cl)cc1OC(C)C. The van der Waals surface area contributed by atoms with E-state index in [1.54, 1.807) is 0 Å². The maximum absolute atomic E-state index is 6.20. The number of halogens is 1. The van der Waals surface area contributed by atoms with Crippen LogP contribution in [0.15, 0.2) is 12.1 Å². The van der Waals surface area contributed by atoms with Crippen molar-refractivity contribution in [1.82, 2.24) is 5.32 Å². The first kappa shape index (κ1) is 15.1. The predicted octanol–water partition coefficient (Wildman–Crippen LogP) is 3.63. The molecule has 0 aromatic heterocycles. The zero-order chi connectivity index (χ0) is 13.7. The van der Waals surface area contributed by atoms with Crippen molar-refractivity contribution >= 4 is 11.6 Å². The normalized spacial score (nSPS) is 11.1. The highest BCUT2D eigenvalue weighted by Gasteiger charge is 2.12. The van der Waals surface area contributed by atoms with Gasteiger partial charge in [0.05, 0.1) is 17.2 Å². The molecule has 0 saturated heterocycles. The minimum Gasteiger partial charge on any atom is -0.491 e. The average Bonchev–Trinajstić information content (AvgIpc) is 2.23. The summed E-state index contributed by atoms with van der Waals surface area (Å²) in [6.45, 7) is 8.66. The summed E-state index contributed by atoms with van der Waals surface area (Å²) >= 11 is 6.20. The average molecular weight is 272 g/mol. The van der Waals surface area contributed by atoms with Crippen molar-refractivity contribution in [2.24, 2.45) is 0 Å². The van der Waals surface area contributed by atoms with Crippen LogP contribution in [-0.2, 0) is 6.54 Å². The lowest BCUT2D eigenvalue weighted by Crippen LogP contribution is -2.13. The fraction of sp³-hybridized carbons (Fsp3) is 0.571. The standard InChI is InChI=1S/C14H22ClNO2/c1-9(2)17-13-7-12(15)14(18-10(3)4)6-11(13)8-16-5/h6-7,9-10,16H,8H2,1-5H3. The molecule has 0 saturated carbocycles. The molecule has 0 amide bonds. The summed E-state index contributed by atoms with van der Waals surface area (Å²) in [4.78, 5) is 0. The Morgan fingerprint density at radius 1 is 1.06 bits per heavy atom. The van der Waals surface area contributed by atoms with Gasteiger partial charge in [0.15, 0.2) is 0 Å². The molecule has 1 rings (SSSR count). The summed E-state index contributed by atoms with van der Waals surface area (Å²) in [5.41, 5.74) is 1.05. The van der Waals surface area contributed by atoms with Crippen LogP contribution in [0.25, 0.3) is 0 Å². The van der Waals surface area contributed by atoms with Gasteiger partial charge in [-0.15, -0.1) is 0 Å². The molecule has 0 unspecified atom stereocenters. The van der Waals surface area contributed by atoms with Gasteiger partial charge in [-0.25, -0.2) is 0 Å². The van der Waals surface area contributed by atoms with E-state index in [0.29, 0.717) is 17.3 Å². The monoisotopic (exact) mass is 271 g/mol. The summed E-state index contributed by atoms with van der Waals surface area (Å²) in [5, 5.41) is 3.70. The second-order valence-electron chi connectivity index (χ2n) is 4.75. The van der Waals surface area contributed by atoms with Crippen LogP contribution >= 0.6 is 11.6 Å². The third-order valence-corrected chi connectivity index (χ3v) is 2.50. The summed E-state index contributed by atoms with van der Waals surface area (Å²) in [7, 11) is 1.90. The molecule has 4 heteroatoms. The van der Waals surface area contributed by atoms with E-state index in [0.717, 1.165) is 11.3 Å². The van der Waals surface area contributed by atoms with E-state index in [1.807, 2.05) is 46.9 Å². The molecule has 0 aliphatic rings. The topological polar surface area (TPSA) is 30.5 Å². The van der Waals surface area contributed by atoms with Crippen molar-refractivity contribution in [3.8, 4) is 11.5 Å². The van der Waals surface area contributed by atoms with Crippen molar-refractivity contribution in [2.45, 2.75) is 46.4 Å². The minimum absolute atomic E-state index is 0.0989. The molecule has 3 nitrogen and oxygen atoms in total. The number of nitrogens with one attached hydrogen (secondary N) is 1. The number of rotatable bonds is 6. The van der Waals surface area contributed by atoms with Crippen molar-refractivity contribution in [3.05, 3.63) is 22.7 Å². The molecule has 102 valence electrons. The molecule has 1 aromatic carbocycles. The summed E-state index contributed by atoms with van der Waals surface area (Å²) in [6.07, 6.45) is 0.218. The molecular weight excluding hydrogens is 250 g/mol. The predicted molar refractivity (Wildman–Crippen MR) is 75.7 cm³/mol. The van der Waals surface area contributed by atoms with Gasteiger partial charge in [0.1, 0.15) is 11.5 Å². The largest absolute Gasteiger partial charge is 0.491 e. The molecule has 0 aliphatic carbocycles. The third-order valence-electron chi connectivity index (χ3n) is 2.21. The van der Waals surface area contributed by atoms with E-state index < -0.39 is 0 Å². The van der Waals surface area contributed by atoms with Gasteiger partial charge >= 0.3 is 0 Å². The van der Waals surface area contributed by atoms with Gasteiger partial charge in [-0.1, -0.05) is 11.6 Å². The van der Waals surface area contributed by atoms with Gasteiger partial charge in [0, 0.05) is 18.2 Å². The highest BCUT2D eigenvalue weighted by atomic mass is 35.5. The fourth-order valence-corrected chi connectivity index (χ4v) is 1.81. The van der Waals surface area contributed by atoms with E-state index in [4.69, 9.17) is 21.1 Å². The molecule has 1 N–H and O–H groups in total. The van der Waals surface area contributed by atoms with Gasteiger partial charge in [-0.05, 0) is 40.8 Å².